The summed E-state index contributed by atoms with van der Waals surface area (Å²) < 4.78 is 13.5. The summed E-state index contributed by atoms with van der Waals surface area (Å²) >= 11 is 8.80. The van der Waals surface area contributed by atoms with Crippen LogP contribution in [0.2, 0.25) is 5.02 Å². The van der Waals surface area contributed by atoms with Crippen LogP contribution in [0.25, 0.3) is 11.4 Å². The molecule has 1 aliphatic rings. The Bertz CT molecular complexity index is 1150. The lowest BCUT2D eigenvalue weighted by atomic mass is 9.97. The molecule has 1 aliphatic heterocycles. The Labute approximate surface area is 202 Å². The average molecular weight is 509 g/mol. The van der Waals surface area contributed by atoms with Crippen LogP contribution in [-0.4, -0.2) is 67.2 Å². The number of aromatic nitrogens is 4. The van der Waals surface area contributed by atoms with Crippen molar-refractivity contribution in [1.29, 1.82) is 5.26 Å². The van der Waals surface area contributed by atoms with E-state index in [1.54, 1.807) is 29.8 Å². The number of ether oxygens (including phenoxy) is 2. The number of halogens is 1. The zero-order valence-corrected chi connectivity index (χ0v) is 19.8. The lowest BCUT2D eigenvalue weighted by Crippen LogP contribution is -2.55. The van der Waals surface area contributed by atoms with Gasteiger partial charge < -0.3 is 25.4 Å². The molecule has 2 aromatic heterocycles. The Morgan fingerprint density at radius 3 is 2.88 bits per heavy atom. The fourth-order valence-electron chi connectivity index (χ4n) is 3.57. The third-order valence-corrected chi connectivity index (χ3v) is 7.22. The molecule has 13 heteroatoms. The normalized spacial score (nSPS) is 25.1. The van der Waals surface area contributed by atoms with Gasteiger partial charge in [0.05, 0.1) is 23.4 Å². The number of nitrogen functional groups attached to an aromatic ring is 1. The van der Waals surface area contributed by atoms with Crippen LogP contribution in [0.1, 0.15) is 18.5 Å². The van der Waals surface area contributed by atoms with Gasteiger partial charge in [-0.25, -0.2) is 9.67 Å². The second kappa shape index (κ2) is 10.4. The molecule has 3 aromatic rings. The molecule has 3 heterocycles. The van der Waals surface area contributed by atoms with E-state index in [0.29, 0.717) is 33.7 Å². The van der Waals surface area contributed by atoms with Gasteiger partial charge in [-0.15, -0.1) is 16.4 Å². The number of anilines is 1. The van der Waals surface area contributed by atoms with Crippen LogP contribution < -0.4 is 5.73 Å². The predicted octanol–water partition coefficient (Wildman–Crippen LogP) is 2.33. The number of thiazole rings is 1. The molecular weight excluding hydrogens is 488 g/mol. The van der Waals surface area contributed by atoms with Crippen LogP contribution in [0.4, 0.5) is 5.13 Å². The lowest BCUT2D eigenvalue weighted by molar-refractivity contribution is -0.191. The van der Waals surface area contributed by atoms with Crippen LogP contribution in [-0.2, 0) is 9.47 Å². The van der Waals surface area contributed by atoms with E-state index in [9.17, 15) is 10.2 Å². The maximum atomic E-state index is 11.0. The second-order valence-electron chi connectivity index (χ2n) is 7.15. The summed E-state index contributed by atoms with van der Waals surface area (Å²) in [6, 6.07) is 6.39. The highest BCUT2D eigenvalue weighted by atomic mass is 35.5. The third-order valence-electron chi connectivity index (χ3n) is 5.10. The van der Waals surface area contributed by atoms with E-state index >= 15 is 0 Å². The van der Waals surface area contributed by atoms with E-state index in [4.69, 9.17) is 32.1 Å². The van der Waals surface area contributed by atoms with Crippen LogP contribution in [0.5, 0.6) is 0 Å². The first-order valence-corrected chi connectivity index (χ1v) is 12.1. The SMILES string of the molecule is CCOC1C(Sc2ccc(C#N)c(Cl)c2)OC(CO)C(O)C1n1cc(-c2csc(N)n2)nn1. The van der Waals surface area contributed by atoms with Crippen molar-refractivity contribution in [2.24, 2.45) is 0 Å². The minimum absolute atomic E-state index is 0.324. The van der Waals surface area contributed by atoms with Crippen molar-refractivity contribution in [1.82, 2.24) is 20.0 Å². The molecule has 4 rings (SSSR count). The number of aliphatic hydroxyl groups excluding tert-OH is 2. The van der Waals surface area contributed by atoms with Crippen molar-refractivity contribution in [3.63, 3.8) is 0 Å². The standard InChI is InChI=1S/C20H21ClN6O4S2/c1-2-30-18-16(27-7-13(25-26-27)14-9-32-20(23)24-14)17(29)15(8-28)31-19(18)33-11-4-3-10(6-22)12(21)5-11/h3-5,7,9,15-19,28-29H,2,8H2,1H3,(H2,23,24). The fraction of sp³-hybridized carbons (Fsp3) is 0.400. The largest absolute Gasteiger partial charge is 0.394 e. The van der Waals surface area contributed by atoms with Crippen LogP contribution in [0.3, 0.4) is 0 Å². The Morgan fingerprint density at radius 2 is 2.24 bits per heavy atom. The summed E-state index contributed by atoms with van der Waals surface area (Å²) in [5.41, 5.74) is 6.56. The quantitative estimate of drug-likeness (QED) is 0.433. The smallest absolute Gasteiger partial charge is 0.180 e. The van der Waals surface area contributed by atoms with E-state index in [0.717, 1.165) is 4.90 Å². The van der Waals surface area contributed by atoms with Crippen LogP contribution >= 0.6 is 34.7 Å². The summed E-state index contributed by atoms with van der Waals surface area (Å²) in [5, 5.41) is 40.9. The van der Waals surface area contributed by atoms with Crippen LogP contribution in [0, 0.1) is 11.3 Å². The van der Waals surface area contributed by atoms with Crippen molar-refractivity contribution in [3.05, 3.63) is 40.4 Å². The number of thioether (sulfide) groups is 1. The molecule has 0 bridgehead atoms. The molecule has 1 aromatic carbocycles. The number of rotatable bonds is 7. The van der Waals surface area contributed by atoms with Crippen molar-refractivity contribution in [2.45, 2.75) is 41.6 Å². The van der Waals surface area contributed by atoms with Gasteiger partial charge in [-0.05, 0) is 25.1 Å². The molecule has 5 unspecified atom stereocenters. The average Bonchev–Trinajstić information content (AvgIpc) is 3.45. The number of nitrogens with zero attached hydrogens (tertiary/aromatic N) is 5. The van der Waals surface area contributed by atoms with E-state index < -0.39 is 36.4 Å². The van der Waals surface area contributed by atoms with Crippen molar-refractivity contribution < 1.29 is 19.7 Å². The van der Waals surface area contributed by atoms with Gasteiger partial charge in [-0.3, -0.25) is 0 Å². The maximum Gasteiger partial charge on any atom is 0.180 e. The molecule has 0 saturated carbocycles. The number of hydrogen-bond acceptors (Lipinski definition) is 11. The summed E-state index contributed by atoms with van der Waals surface area (Å²) in [7, 11) is 0. The number of nitriles is 1. The Hall–Kier alpha value is -2.24. The van der Waals surface area contributed by atoms with Gasteiger partial charge in [0, 0.05) is 16.9 Å². The molecule has 1 fully saturated rings. The maximum absolute atomic E-state index is 11.0. The second-order valence-corrected chi connectivity index (χ2v) is 9.62. The summed E-state index contributed by atoms with van der Waals surface area (Å²) in [6.45, 7) is 1.80. The Balaban J connectivity index is 1.66. The molecule has 5 atom stereocenters. The summed E-state index contributed by atoms with van der Waals surface area (Å²) in [5.74, 6) is 0. The minimum Gasteiger partial charge on any atom is -0.394 e. The topological polar surface area (TPSA) is 152 Å². The van der Waals surface area contributed by atoms with E-state index in [2.05, 4.69) is 15.3 Å². The van der Waals surface area contributed by atoms with E-state index in [1.807, 2.05) is 13.0 Å². The number of hydrogen-bond donors (Lipinski definition) is 3. The number of nitrogens with two attached hydrogens (primary N) is 1. The minimum atomic E-state index is -1.11. The molecule has 10 nitrogen and oxygen atoms in total. The van der Waals surface area contributed by atoms with Crippen molar-refractivity contribution in [3.8, 4) is 17.5 Å². The first-order chi connectivity index (χ1) is 15.9. The summed E-state index contributed by atoms with van der Waals surface area (Å²) in [4.78, 5) is 4.97. The molecule has 0 amide bonds. The summed E-state index contributed by atoms with van der Waals surface area (Å²) in [6.07, 6.45) is -0.958. The van der Waals surface area contributed by atoms with Gasteiger partial charge >= 0.3 is 0 Å². The van der Waals surface area contributed by atoms with Gasteiger partial charge in [0.15, 0.2) is 5.13 Å². The molecule has 33 heavy (non-hydrogen) atoms. The molecule has 4 N–H and O–H groups in total. The van der Waals surface area contributed by atoms with Gasteiger partial charge in [-0.1, -0.05) is 28.6 Å². The van der Waals surface area contributed by atoms with Crippen molar-refractivity contribution in [2.75, 3.05) is 18.9 Å². The van der Waals surface area contributed by atoms with E-state index in [1.165, 1.54) is 27.8 Å². The van der Waals surface area contributed by atoms with Gasteiger partial charge in [0.1, 0.15) is 47.2 Å². The molecule has 1 saturated heterocycles. The Morgan fingerprint density at radius 1 is 1.42 bits per heavy atom. The lowest BCUT2D eigenvalue weighted by Gasteiger charge is -2.43. The highest BCUT2D eigenvalue weighted by Gasteiger charge is 2.47. The highest BCUT2D eigenvalue weighted by molar-refractivity contribution is 7.99. The highest BCUT2D eigenvalue weighted by Crippen LogP contribution is 2.40. The monoisotopic (exact) mass is 508 g/mol. The van der Waals surface area contributed by atoms with Crippen molar-refractivity contribution >= 4 is 39.8 Å². The fourth-order valence-corrected chi connectivity index (χ4v) is 5.58. The molecule has 174 valence electrons. The molecule has 0 aliphatic carbocycles. The Kier molecular flexibility index (Phi) is 7.50. The zero-order valence-electron chi connectivity index (χ0n) is 17.4. The molecular formula is C20H21ClN6O4S2. The first-order valence-electron chi connectivity index (χ1n) is 10.0. The van der Waals surface area contributed by atoms with E-state index in [-0.39, 0.29) is 0 Å². The first kappa shape index (κ1) is 23.9. The molecule has 0 spiro atoms. The third kappa shape index (κ3) is 4.99. The van der Waals surface area contributed by atoms with Gasteiger partial charge in [-0.2, -0.15) is 5.26 Å². The van der Waals surface area contributed by atoms with Gasteiger partial charge in [0.2, 0.25) is 0 Å². The molecule has 0 radical (unpaired) electrons. The number of aliphatic hydroxyl groups is 2. The van der Waals surface area contributed by atoms with Crippen LogP contribution in [0.15, 0.2) is 34.7 Å². The number of benzene rings is 1. The zero-order chi connectivity index (χ0) is 23.5. The predicted molar refractivity (Wildman–Crippen MR) is 124 cm³/mol. The van der Waals surface area contributed by atoms with Gasteiger partial charge in [0.25, 0.3) is 0 Å².